The zero-order valence-corrected chi connectivity index (χ0v) is 12.3. The smallest absolute Gasteiger partial charge is 0.147 e. The molecule has 0 spiro atoms. The minimum absolute atomic E-state index is 0.359. The molecule has 0 fully saturated rings. The maximum Gasteiger partial charge on any atom is 0.147 e. The Balaban J connectivity index is 2.36. The second-order valence-corrected chi connectivity index (χ2v) is 5.66. The summed E-state index contributed by atoms with van der Waals surface area (Å²) in [5.74, 6) is -0.262. The van der Waals surface area contributed by atoms with Crippen molar-refractivity contribution < 1.29 is 8.78 Å². The molecule has 1 aromatic heterocycles. The Kier molecular flexibility index (Phi) is 3.41. The topological polar surface area (TPSA) is 17.8 Å². The van der Waals surface area contributed by atoms with Gasteiger partial charge in [0.2, 0.25) is 0 Å². The van der Waals surface area contributed by atoms with Crippen molar-refractivity contribution in [3.8, 4) is 5.69 Å². The van der Waals surface area contributed by atoms with Crippen LogP contribution in [0.5, 0.6) is 0 Å². The van der Waals surface area contributed by atoms with Crippen LogP contribution in [0.4, 0.5) is 8.78 Å². The van der Waals surface area contributed by atoms with Crippen molar-refractivity contribution in [1.29, 1.82) is 0 Å². The summed E-state index contributed by atoms with van der Waals surface area (Å²) < 4.78 is 29.3. The standard InChI is InChI=1S/C16H13ClF2N2/c1-9-3-5-14(12(19)7-9)21-15-6-4-11(18)8-13(15)20-16(21)10(2)17/h3-8,10H,1-2H3. The summed E-state index contributed by atoms with van der Waals surface area (Å²) in [6, 6.07) is 9.18. The van der Waals surface area contributed by atoms with E-state index in [9.17, 15) is 8.78 Å². The second kappa shape index (κ2) is 5.11. The highest BCUT2D eigenvalue weighted by molar-refractivity contribution is 6.20. The van der Waals surface area contributed by atoms with Gasteiger partial charge in [-0.2, -0.15) is 0 Å². The van der Waals surface area contributed by atoms with Gasteiger partial charge >= 0.3 is 0 Å². The number of fused-ring (bicyclic) bond motifs is 1. The fourth-order valence-corrected chi connectivity index (χ4v) is 2.53. The molecule has 0 aliphatic heterocycles. The highest BCUT2D eigenvalue weighted by atomic mass is 35.5. The zero-order valence-electron chi connectivity index (χ0n) is 11.6. The van der Waals surface area contributed by atoms with E-state index in [0.717, 1.165) is 5.56 Å². The van der Waals surface area contributed by atoms with Crippen molar-refractivity contribution in [2.24, 2.45) is 0 Å². The molecule has 0 aliphatic carbocycles. The van der Waals surface area contributed by atoms with Crippen LogP contribution >= 0.6 is 11.6 Å². The quantitative estimate of drug-likeness (QED) is 0.615. The van der Waals surface area contributed by atoms with Gasteiger partial charge in [-0.1, -0.05) is 6.07 Å². The van der Waals surface area contributed by atoms with Crippen molar-refractivity contribution in [2.45, 2.75) is 19.2 Å². The van der Waals surface area contributed by atoms with Gasteiger partial charge in [0.05, 0.1) is 22.1 Å². The van der Waals surface area contributed by atoms with E-state index in [2.05, 4.69) is 4.98 Å². The van der Waals surface area contributed by atoms with Crippen molar-refractivity contribution >= 4 is 22.6 Å². The molecule has 0 amide bonds. The summed E-state index contributed by atoms with van der Waals surface area (Å²) in [7, 11) is 0. The number of benzene rings is 2. The summed E-state index contributed by atoms with van der Waals surface area (Å²) in [4.78, 5) is 4.34. The number of halogens is 3. The third kappa shape index (κ3) is 2.40. The summed E-state index contributed by atoms with van der Waals surface area (Å²) in [6.45, 7) is 3.57. The average molecular weight is 307 g/mol. The number of hydrogen-bond acceptors (Lipinski definition) is 1. The predicted octanol–water partition coefficient (Wildman–Crippen LogP) is 4.91. The van der Waals surface area contributed by atoms with Gasteiger partial charge in [0, 0.05) is 6.07 Å². The fraction of sp³-hybridized carbons (Fsp3) is 0.188. The van der Waals surface area contributed by atoms with Gasteiger partial charge in [0.1, 0.15) is 17.5 Å². The molecule has 2 nitrogen and oxygen atoms in total. The molecule has 0 aliphatic rings. The number of aryl methyl sites for hydroxylation is 1. The molecule has 2 aromatic carbocycles. The summed E-state index contributed by atoms with van der Waals surface area (Å²) >= 11 is 6.15. The number of nitrogens with zero attached hydrogens (tertiary/aromatic N) is 2. The minimum Gasteiger partial charge on any atom is -0.292 e. The molecule has 1 unspecified atom stereocenters. The lowest BCUT2D eigenvalue weighted by Crippen LogP contribution is -2.04. The largest absolute Gasteiger partial charge is 0.292 e. The maximum atomic E-state index is 14.3. The first kappa shape index (κ1) is 14.0. The highest BCUT2D eigenvalue weighted by Gasteiger charge is 2.18. The van der Waals surface area contributed by atoms with Gasteiger partial charge in [0.15, 0.2) is 0 Å². The first-order valence-electron chi connectivity index (χ1n) is 6.56. The Hall–Kier alpha value is -1.94. The maximum absolute atomic E-state index is 14.3. The van der Waals surface area contributed by atoms with Crippen LogP contribution in [0.2, 0.25) is 0 Å². The molecule has 1 heterocycles. The fourth-order valence-electron chi connectivity index (χ4n) is 2.39. The zero-order chi connectivity index (χ0) is 15.1. The van der Waals surface area contributed by atoms with E-state index in [4.69, 9.17) is 11.6 Å². The molecule has 0 saturated heterocycles. The van der Waals surface area contributed by atoms with E-state index in [1.165, 1.54) is 18.2 Å². The Labute approximate surface area is 126 Å². The normalized spacial score (nSPS) is 12.8. The van der Waals surface area contributed by atoms with E-state index in [0.29, 0.717) is 22.5 Å². The van der Waals surface area contributed by atoms with Crippen LogP contribution in [-0.2, 0) is 0 Å². The van der Waals surface area contributed by atoms with Crippen molar-refractivity contribution in [3.05, 3.63) is 59.4 Å². The van der Waals surface area contributed by atoms with Gasteiger partial charge in [-0.05, 0) is 43.7 Å². The second-order valence-electron chi connectivity index (χ2n) is 5.01. The summed E-state index contributed by atoms with van der Waals surface area (Å²) in [5, 5.41) is -0.429. The molecule has 1 atom stereocenters. The number of alkyl halides is 1. The minimum atomic E-state index is -0.429. The monoisotopic (exact) mass is 306 g/mol. The number of rotatable bonds is 2. The van der Waals surface area contributed by atoms with Crippen molar-refractivity contribution in [3.63, 3.8) is 0 Å². The van der Waals surface area contributed by atoms with Crippen LogP contribution in [0.3, 0.4) is 0 Å². The third-order valence-electron chi connectivity index (χ3n) is 3.34. The van der Waals surface area contributed by atoms with E-state index in [1.807, 2.05) is 13.0 Å². The van der Waals surface area contributed by atoms with Gasteiger partial charge in [-0.15, -0.1) is 11.6 Å². The Morgan fingerprint density at radius 2 is 1.90 bits per heavy atom. The van der Waals surface area contributed by atoms with E-state index < -0.39 is 5.38 Å². The van der Waals surface area contributed by atoms with Crippen LogP contribution in [0, 0.1) is 18.6 Å². The third-order valence-corrected chi connectivity index (χ3v) is 3.54. The molecule has 0 N–H and O–H groups in total. The summed E-state index contributed by atoms with van der Waals surface area (Å²) in [6.07, 6.45) is 0. The molecule has 0 saturated carbocycles. The number of imidazole rings is 1. The molecule has 21 heavy (non-hydrogen) atoms. The molecule has 0 bridgehead atoms. The predicted molar refractivity (Wildman–Crippen MR) is 80.0 cm³/mol. The van der Waals surface area contributed by atoms with Crippen LogP contribution < -0.4 is 0 Å². The van der Waals surface area contributed by atoms with Crippen LogP contribution in [-0.4, -0.2) is 9.55 Å². The van der Waals surface area contributed by atoms with Crippen molar-refractivity contribution in [1.82, 2.24) is 9.55 Å². The number of hydrogen-bond donors (Lipinski definition) is 0. The van der Waals surface area contributed by atoms with Crippen LogP contribution in [0.15, 0.2) is 36.4 Å². The van der Waals surface area contributed by atoms with Gasteiger partial charge in [0.25, 0.3) is 0 Å². The highest BCUT2D eigenvalue weighted by Crippen LogP contribution is 2.29. The van der Waals surface area contributed by atoms with Gasteiger partial charge in [-0.25, -0.2) is 13.8 Å². The van der Waals surface area contributed by atoms with Gasteiger partial charge < -0.3 is 0 Å². The van der Waals surface area contributed by atoms with Gasteiger partial charge in [-0.3, -0.25) is 4.57 Å². The molecule has 3 rings (SSSR count). The Bertz CT molecular complexity index is 825. The SMILES string of the molecule is Cc1ccc(-n2c(C(C)Cl)nc3cc(F)ccc32)c(F)c1. The van der Waals surface area contributed by atoms with E-state index >= 15 is 0 Å². The molecule has 0 radical (unpaired) electrons. The van der Waals surface area contributed by atoms with E-state index in [-0.39, 0.29) is 11.6 Å². The lowest BCUT2D eigenvalue weighted by molar-refractivity contribution is 0.615. The lowest BCUT2D eigenvalue weighted by Gasteiger charge is -2.12. The molecule has 5 heteroatoms. The molecule has 3 aromatic rings. The molecule has 108 valence electrons. The Morgan fingerprint density at radius 1 is 1.14 bits per heavy atom. The molecular formula is C16H13ClF2N2. The molecular weight excluding hydrogens is 294 g/mol. The Morgan fingerprint density at radius 3 is 2.57 bits per heavy atom. The van der Waals surface area contributed by atoms with Crippen LogP contribution in [0.25, 0.3) is 16.7 Å². The first-order chi connectivity index (χ1) is 9.97. The van der Waals surface area contributed by atoms with Crippen LogP contribution in [0.1, 0.15) is 23.7 Å². The summed E-state index contributed by atoms with van der Waals surface area (Å²) in [5.41, 5.74) is 2.27. The number of aromatic nitrogens is 2. The lowest BCUT2D eigenvalue weighted by atomic mass is 10.2. The van der Waals surface area contributed by atoms with Crippen molar-refractivity contribution in [2.75, 3.05) is 0 Å². The van der Waals surface area contributed by atoms with E-state index in [1.54, 1.807) is 23.6 Å². The average Bonchev–Trinajstić information content (AvgIpc) is 2.77. The first-order valence-corrected chi connectivity index (χ1v) is 6.99.